The van der Waals surface area contributed by atoms with E-state index in [1.807, 2.05) is 5.38 Å². The van der Waals surface area contributed by atoms with Gasteiger partial charge in [0.1, 0.15) is 10.6 Å². The molecule has 0 radical (unpaired) electrons. The van der Waals surface area contributed by atoms with E-state index in [9.17, 15) is 9.59 Å². The van der Waals surface area contributed by atoms with E-state index in [1.54, 1.807) is 18.4 Å². The monoisotopic (exact) mass is 291 g/mol. The summed E-state index contributed by atoms with van der Waals surface area (Å²) in [6.45, 7) is 0.743. The molecule has 0 aliphatic carbocycles. The number of nitrogens with one attached hydrogen (secondary N) is 1. The molecule has 0 saturated heterocycles. The van der Waals surface area contributed by atoms with E-state index in [-0.39, 0.29) is 5.56 Å². The molecular weight excluding hydrogens is 278 g/mol. The molecule has 0 spiro atoms. The van der Waals surface area contributed by atoms with Gasteiger partial charge >= 0.3 is 5.69 Å². The van der Waals surface area contributed by atoms with Gasteiger partial charge in [0.25, 0.3) is 5.56 Å². The van der Waals surface area contributed by atoms with E-state index >= 15 is 0 Å². The van der Waals surface area contributed by atoms with Crippen LogP contribution in [0.5, 0.6) is 0 Å². The Morgan fingerprint density at radius 2 is 2.25 bits per heavy atom. The first kappa shape index (κ1) is 12.9. The van der Waals surface area contributed by atoms with Crippen molar-refractivity contribution in [1.29, 1.82) is 0 Å². The summed E-state index contributed by atoms with van der Waals surface area (Å²) in [5.74, 6) is 0.616. The van der Waals surface area contributed by atoms with Gasteiger partial charge in [0.15, 0.2) is 0 Å². The minimum Gasteiger partial charge on any atom is -0.464 e. The smallest absolute Gasteiger partial charge is 0.329 e. The molecule has 0 amide bonds. The Balaban J connectivity index is 2.26. The fourth-order valence-electron chi connectivity index (χ4n) is 2.12. The minimum absolute atomic E-state index is 0.301. The van der Waals surface area contributed by atoms with Crippen LogP contribution in [-0.4, -0.2) is 16.1 Å². The Hall–Kier alpha value is -2.12. The molecule has 0 aliphatic rings. The van der Waals surface area contributed by atoms with Crippen LogP contribution in [-0.2, 0) is 6.54 Å². The number of furan rings is 1. The summed E-state index contributed by atoms with van der Waals surface area (Å²) in [4.78, 5) is 27.7. The quantitative estimate of drug-likeness (QED) is 0.759. The molecule has 0 aliphatic heterocycles. The first-order valence-electron chi connectivity index (χ1n) is 6.20. The van der Waals surface area contributed by atoms with Gasteiger partial charge in [-0.1, -0.05) is 0 Å². The second kappa shape index (κ2) is 5.10. The SMILES string of the molecule is NCCCn1c(=O)[nH]c2scc(-c3ccco3)c2c1=O. The molecule has 0 unspecified atom stereocenters. The zero-order valence-electron chi connectivity index (χ0n) is 10.6. The average Bonchev–Trinajstić information content (AvgIpc) is 3.06. The van der Waals surface area contributed by atoms with Crippen molar-refractivity contribution in [3.8, 4) is 11.3 Å². The number of thiophene rings is 1. The Labute approximate surface area is 117 Å². The molecule has 20 heavy (non-hydrogen) atoms. The number of fused-ring (bicyclic) bond motifs is 1. The molecule has 3 rings (SSSR count). The van der Waals surface area contributed by atoms with Gasteiger partial charge in [-0.15, -0.1) is 11.3 Å². The first-order valence-corrected chi connectivity index (χ1v) is 7.08. The van der Waals surface area contributed by atoms with Gasteiger partial charge in [-0.2, -0.15) is 0 Å². The van der Waals surface area contributed by atoms with Gasteiger partial charge in [0.05, 0.1) is 11.6 Å². The van der Waals surface area contributed by atoms with Crippen molar-refractivity contribution in [2.24, 2.45) is 5.73 Å². The Morgan fingerprint density at radius 3 is 2.95 bits per heavy atom. The van der Waals surface area contributed by atoms with Crippen LogP contribution >= 0.6 is 11.3 Å². The number of nitrogens with zero attached hydrogens (tertiary/aromatic N) is 1. The largest absolute Gasteiger partial charge is 0.464 e. The summed E-state index contributed by atoms with van der Waals surface area (Å²) < 4.78 is 6.53. The summed E-state index contributed by atoms with van der Waals surface area (Å²) in [5, 5.41) is 2.30. The van der Waals surface area contributed by atoms with Crippen LogP contribution in [0.1, 0.15) is 6.42 Å². The molecule has 0 aromatic carbocycles. The maximum absolute atomic E-state index is 12.5. The van der Waals surface area contributed by atoms with Crippen molar-refractivity contribution in [2.75, 3.05) is 6.54 Å². The fourth-order valence-corrected chi connectivity index (χ4v) is 3.05. The zero-order valence-corrected chi connectivity index (χ0v) is 11.4. The Kier molecular flexibility index (Phi) is 3.29. The second-order valence-corrected chi connectivity index (χ2v) is 5.24. The number of H-pyrrole nitrogens is 1. The van der Waals surface area contributed by atoms with E-state index in [1.165, 1.54) is 15.9 Å². The van der Waals surface area contributed by atoms with Gasteiger partial charge in [-0.05, 0) is 25.1 Å². The van der Waals surface area contributed by atoms with Crippen LogP contribution in [0.2, 0.25) is 0 Å². The topological polar surface area (TPSA) is 94.0 Å². The van der Waals surface area contributed by atoms with E-state index < -0.39 is 5.69 Å². The highest BCUT2D eigenvalue weighted by atomic mass is 32.1. The molecule has 0 fully saturated rings. The highest BCUT2D eigenvalue weighted by molar-refractivity contribution is 7.17. The number of aromatic amines is 1. The van der Waals surface area contributed by atoms with Gasteiger partial charge in [-0.3, -0.25) is 14.3 Å². The molecule has 0 saturated carbocycles. The van der Waals surface area contributed by atoms with Crippen molar-refractivity contribution >= 4 is 21.6 Å². The molecule has 3 aromatic rings. The van der Waals surface area contributed by atoms with Crippen LogP contribution in [0.4, 0.5) is 0 Å². The standard InChI is InChI=1S/C13H13N3O3S/c14-4-2-5-16-12(17)10-8(9-3-1-6-19-9)7-20-11(10)15-13(16)18/h1,3,6-7H,2,4-5,14H2,(H,15,18). The minimum atomic E-state index is -0.399. The summed E-state index contributed by atoms with van der Waals surface area (Å²) in [6, 6.07) is 3.55. The molecule has 3 N–H and O–H groups in total. The lowest BCUT2D eigenvalue weighted by Crippen LogP contribution is -2.35. The lowest BCUT2D eigenvalue weighted by atomic mass is 10.2. The number of hydrogen-bond acceptors (Lipinski definition) is 5. The van der Waals surface area contributed by atoms with E-state index in [0.29, 0.717) is 41.1 Å². The van der Waals surface area contributed by atoms with E-state index in [0.717, 1.165) is 0 Å². The molecule has 7 heteroatoms. The molecule has 0 atom stereocenters. The van der Waals surface area contributed by atoms with Crippen molar-refractivity contribution in [3.05, 3.63) is 44.6 Å². The second-order valence-electron chi connectivity index (χ2n) is 4.36. The normalized spacial score (nSPS) is 11.2. The van der Waals surface area contributed by atoms with Gasteiger partial charge in [0.2, 0.25) is 0 Å². The maximum Gasteiger partial charge on any atom is 0.329 e. The molecule has 3 aromatic heterocycles. The number of aromatic nitrogens is 2. The summed E-state index contributed by atoms with van der Waals surface area (Å²) in [6.07, 6.45) is 2.13. The highest BCUT2D eigenvalue weighted by Gasteiger charge is 2.15. The van der Waals surface area contributed by atoms with Crippen molar-refractivity contribution in [2.45, 2.75) is 13.0 Å². The Morgan fingerprint density at radius 1 is 1.40 bits per heavy atom. The maximum atomic E-state index is 12.5. The molecule has 3 heterocycles. The third-order valence-corrected chi connectivity index (χ3v) is 3.98. The van der Waals surface area contributed by atoms with Crippen LogP contribution in [0, 0.1) is 0 Å². The van der Waals surface area contributed by atoms with Gasteiger partial charge in [0, 0.05) is 17.5 Å². The lowest BCUT2D eigenvalue weighted by molar-refractivity contribution is 0.582. The highest BCUT2D eigenvalue weighted by Crippen LogP contribution is 2.30. The van der Waals surface area contributed by atoms with E-state index in [2.05, 4.69) is 4.98 Å². The summed E-state index contributed by atoms with van der Waals surface area (Å²) in [7, 11) is 0. The van der Waals surface area contributed by atoms with Crippen molar-refractivity contribution in [1.82, 2.24) is 9.55 Å². The van der Waals surface area contributed by atoms with Crippen LogP contribution in [0.3, 0.4) is 0 Å². The number of nitrogens with two attached hydrogens (primary N) is 1. The predicted molar refractivity (Wildman–Crippen MR) is 78.1 cm³/mol. The predicted octanol–water partition coefficient (Wildman–Crippen LogP) is 1.36. The summed E-state index contributed by atoms with van der Waals surface area (Å²) >= 11 is 1.32. The molecule has 104 valence electrons. The summed E-state index contributed by atoms with van der Waals surface area (Å²) in [5.41, 5.74) is 5.44. The number of rotatable bonds is 4. The Bertz CT molecular complexity index is 842. The van der Waals surface area contributed by atoms with Gasteiger partial charge < -0.3 is 10.2 Å². The van der Waals surface area contributed by atoms with Gasteiger partial charge in [-0.25, -0.2) is 4.79 Å². The van der Waals surface area contributed by atoms with Crippen LogP contribution in [0.25, 0.3) is 21.5 Å². The van der Waals surface area contributed by atoms with Crippen LogP contribution < -0.4 is 17.0 Å². The first-order chi connectivity index (χ1) is 9.72. The molecule has 6 nitrogen and oxygen atoms in total. The molecule has 0 bridgehead atoms. The number of hydrogen-bond donors (Lipinski definition) is 2. The lowest BCUT2D eigenvalue weighted by Gasteiger charge is -2.03. The fraction of sp³-hybridized carbons (Fsp3) is 0.231. The third kappa shape index (κ3) is 2.00. The van der Waals surface area contributed by atoms with Crippen LogP contribution in [0.15, 0.2) is 37.8 Å². The average molecular weight is 291 g/mol. The van der Waals surface area contributed by atoms with E-state index in [4.69, 9.17) is 10.2 Å². The third-order valence-electron chi connectivity index (χ3n) is 3.09. The van der Waals surface area contributed by atoms with Crippen molar-refractivity contribution in [3.63, 3.8) is 0 Å². The van der Waals surface area contributed by atoms with Crippen molar-refractivity contribution < 1.29 is 4.42 Å². The molecular formula is C13H13N3O3S. The zero-order chi connectivity index (χ0) is 14.1.